The topological polar surface area (TPSA) is 97.7 Å². The minimum absolute atomic E-state index is 0.0187. The van der Waals surface area contributed by atoms with E-state index in [1.807, 2.05) is 18.2 Å². The second kappa shape index (κ2) is 9.03. The molecule has 0 spiro atoms. The van der Waals surface area contributed by atoms with Gasteiger partial charge in [0.2, 0.25) is 0 Å². The zero-order valence-corrected chi connectivity index (χ0v) is 14.4. The van der Waals surface area contributed by atoms with Gasteiger partial charge in [0, 0.05) is 10.8 Å². The van der Waals surface area contributed by atoms with E-state index in [0.29, 0.717) is 29.2 Å². The molecule has 0 amide bonds. The molecule has 0 aromatic rings. The van der Waals surface area contributed by atoms with Crippen LogP contribution in [0.5, 0.6) is 0 Å². The van der Waals surface area contributed by atoms with E-state index in [1.165, 1.54) is 11.8 Å². The number of carbonyl (C=O) groups is 1. The van der Waals surface area contributed by atoms with Crippen LogP contribution in [0.2, 0.25) is 0 Å². The molecule has 0 N–H and O–H groups in total. The summed E-state index contributed by atoms with van der Waals surface area (Å²) in [5.74, 6) is -0.524. The van der Waals surface area contributed by atoms with Gasteiger partial charge in [-0.3, -0.25) is 0 Å². The number of carbonyl (C=O) groups excluding carboxylic acids is 1. The summed E-state index contributed by atoms with van der Waals surface area (Å²) in [5.41, 5.74) is 0.762. The third-order valence-electron chi connectivity index (χ3n) is 3.86. The maximum Gasteiger partial charge on any atom is 0.348 e. The molecule has 0 aromatic heterocycles. The van der Waals surface area contributed by atoms with E-state index >= 15 is 0 Å². The molecule has 5 nitrogen and oxygen atoms in total. The van der Waals surface area contributed by atoms with Gasteiger partial charge in [0.15, 0.2) is 0 Å². The minimum atomic E-state index is -0.625. The first-order valence-corrected chi connectivity index (χ1v) is 8.64. The molecule has 0 radical (unpaired) electrons. The number of esters is 1. The first kappa shape index (κ1) is 18.8. The number of hydrogen-bond donors (Lipinski definition) is 0. The van der Waals surface area contributed by atoms with Crippen molar-refractivity contribution in [3.8, 4) is 18.2 Å². The van der Waals surface area contributed by atoms with E-state index < -0.39 is 5.97 Å². The van der Waals surface area contributed by atoms with Crippen molar-refractivity contribution in [1.29, 1.82) is 15.8 Å². The Kier molecular flexibility index (Phi) is 7.39. The van der Waals surface area contributed by atoms with E-state index in [1.54, 1.807) is 13.2 Å². The monoisotopic (exact) mass is 329 g/mol. The number of nitriles is 3. The molecule has 0 bridgehead atoms. The molecule has 1 rings (SSSR count). The SMILES string of the molecule is CCOC(=O)/C(C#N)=C1\C[C@@H](C)CC[C@H]1C(SC)=C(C#N)C#N. The van der Waals surface area contributed by atoms with Gasteiger partial charge in [-0.2, -0.15) is 15.8 Å². The molecule has 1 saturated carbocycles. The average Bonchev–Trinajstić information content (AvgIpc) is 2.54. The molecular weight excluding hydrogens is 310 g/mol. The van der Waals surface area contributed by atoms with Crippen LogP contribution in [-0.4, -0.2) is 18.8 Å². The molecule has 6 heteroatoms. The Morgan fingerprint density at radius 2 is 1.91 bits per heavy atom. The Hall–Kier alpha value is -2.23. The van der Waals surface area contributed by atoms with Crippen molar-refractivity contribution in [3.63, 3.8) is 0 Å². The normalized spacial score (nSPS) is 22.1. The fraction of sp³-hybridized carbons (Fsp3) is 0.529. The fourth-order valence-corrected chi connectivity index (χ4v) is 3.66. The maximum absolute atomic E-state index is 12.1. The van der Waals surface area contributed by atoms with Crippen LogP contribution in [0.3, 0.4) is 0 Å². The lowest BCUT2D eigenvalue weighted by Crippen LogP contribution is -2.22. The lowest BCUT2D eigenvalue weighted by Gasteiger charge is -2.31. The Morgan fingerprint density at radius 3 is 2.39 bits per heavy atom. The predicted octanol–water partition coefficient (Wildman–Crippen LogP) is 3.47. The molecule has 1 fully saturated rings. The van der Waals surface area contributed by atoms with Crippen LogP contribution >= 0.6 is 11.8 Å². The average molecular weight is 329 g/mol. The van der Waals surface area contributed by atoms with Crippen molar-refractivity contribution in [2.24, 2.45) is 11.8 Å². The van der Waals surface area contributed by atoms with Crippen molar-refractivity contribution in [2.45, 2.75) is 33.1 Å². The van der Waals surface area contributed by atoms with Gasteiger partial charge in [-0.25, -0.2) is 4.79 Å². The van der Waals surface area contributed by atoms with Gasteiger partial charge in [-0.15, -0.1) is 11.8 Å². The number of hydrogen-bond acceptors (Lipinski definition) is 6. The molecule has 0 saturated heterocycles. The van der Waals surface area contributed by atoms with Crippen molar-refractivity contribution >= 4 is 17.7 Å². The van der Waals surface area contributed by atoms with Crippen LogP contribution in [0.15, 0.2) is 21.6 Å². The van der Waals surface area contributed by atoms with E-state index in [2.05, 4.69) is 6.92 Å². The summed E-state index contributed by atoms with van der Waals surface area (Å²) >= 11 is 1.33. The van der Waals surface area contributed by atoms with E-state index in [9.17, 15) is 10.1 Å². The summed E-state index contributed by atoms with van der Waals surface area (Å²) in [7, 11) is 0. The summed E-state index contributed by atoms with van der Waals surface area (Å²) in [6, 6.07) is 5.81. The van der Waals surface area contributed by atoms with Crippen LogP contribution in [0.4, 0.5) is 0 Å². The van der Waals surface area contributed by atoms with Gasteiger partial charge >= 0.3 is 5.97 Å². The number of nitrogens with zero attached hydrogens (tertiary/aromatic N) is 3. The molecule has 0 aliphatic heterocycles. The Labute approximate surface area is 141 Å². The summed E-state index contributed by atoms with van der Waals surface area (Å²) in [4.78, 5) is 12.7. The molecule has 0 unspecified atom stereocenters. The standard InChI is InChI=1S/C17H19N3O2S/c1-4-22-17(21)15(10-20)14-7-11(2)5-6-13(14)16(23-3)12(8-18)9-19/h11,13H,4-7H2,1-3H3/b15-14+/t11-,13+/m0/s1. The highest BCUT2D eigenvalue weighted by atomic mass is 32.2. The van der Waals surface area contributed by atoms with Gasteiger partial charge in [-0.1, -0.05) is 6.92 Å². The lowest BCUT2D eigenvalue weighted by molar-refractivity contribution is -0.138. The first-order valence-electron chi connectivity index (χ1n) is 7.42. The first-order chi connectivity index (χ1) is 11.0. The summed E-state index contributed by atoms with van der Waals surface area (Å²) in [6.45, 7) is 3.95. The van der Waals surface area contributed by atoms with Crippen LogP contribution in [0, 0.1) is 45.8 Å². The fourth-order valence-electron chi connectivity index (χ4n) is 2.82. The van der Waals surface area contributed by atoms with Gasteiger partial charge in [0.25, 0.3) is 0 Å². The largest absolute Gasteiger partial charge is 0.462 e. The number of rotatable bonds is 4. The number of thioether (sulfide) groups is 1. The van der Waals surface area contributed by atoms with Crippen LogP contribution < -0.4 is 0 Å². The van der Waals surface area contributed by atoms with Crippen LogP contribution in [0.25, 0.3) is 0 Å². The van der Waals surface area contributed by atoms with Crippen molar-refractivity contribution in [1.82, 2.24) is 0 Å². The van der Waals surface area contributed by atoms with Gasteiger partial charge in [0.05, 0.1) is 6.61 Å². The molecular formula is C17H19N3O2S. The highest BCUT2D eigenvalue weighted by Crippen LogP contribution is 2.43. The van der Waals surface area contributed by atoms with Crippen LogP contribution in [-0.2, 0) is 9.53 Å². The van der Waals surface area contributed by atoms with Crippen molar-refractivity contribution < 1.29 is 9.53 Å². The van der Waals surface area contributed by atoms with Gasteiger partial charge in [0.1, 0.15) is 29.4 Å². The zero-order valence-electron chi connectivity index (χ0n) is 13.5. The second-order valence-electron chi connectivity index (χ2n) is 5.34. The Bertz CT molecular complexity index is 643. The quantitative estimate of drug-likeness (QED) is 0.445. The number of allylic oxidation sites excluding steroid dienone is 3. The maximum atomic E-state index is 12.1. The van der Waals surface area contributed by atoms with Crippen molar-refractivity contribution in [2.75, 3.05) is 12.9 Å². The Balaban J connectivity index is 3.48. The van der Waals surface area contributed by atoms with E-state index in [0.717, 1.165) is 6.42 Å². The molecule has 1 aliphatic rings. The molecule has 0 heterocycles. The molecule has 1 aliphatic carbocycles. The predicted molar refractivity (Wildman–Crippen MR) is 87.5 cm³/mol. The molecule has 2 atom stereocenters. The smallest absolute Gasteiger partial charge is 0.348 e. The number of ether oxygens (including phenoxy) is 1. The lowest BCUT2D eigenvalue weighted by atomic mass is 9.76. The highest BCUT2D eigenvalue weighted by Gasteiger charge is 2.32. The molecule has 120 valence electrons. The Morgan fingerprint density at radius 1 is 1.26 bits per heavy atom. The van der Waals surface area contributed by atoms with Gasteiger partial charge in [-0.05, 0) is 43.9 Å². The van der Waals surface area contributed by atoms with Crippen molar-refractivity contribution in [3.05, 3.63) is 21.6 Å². The van der Waals surface area contributed by atoms with Crippen LogP contribution in [0.1, 0.15) is 33.1 Å². The van der Waals surface area contributed by atoms with E-state index in [4.69, 9.17) is 15.3 Å². The second-order valence-corrected chi connectivity index (χ2v) is 6.19. The summed E-state index contributed by atoms with van der Waals surface area (Å²) in [6.07, 6.45) is 4.03. The third kappa shape index (κ3) is 4.38. The molecule has 23 heavy (non-hydrogen) atoms. The van der Waals surface area contributed by atoms with Gasteiger partial charge < -0.3 is 4.74 Å². The molecule has 0 aromatic carbocycles. The van der Waals surface area contributed by atoms with E-state index in [-0.39, 0.29) is 23.7 Å². The third-order valence-corrected chi connectivity index (χ3v) is 4.78. The summed E-state index contributed by atoms with van der Waals surface area (Å²) < 4.78 is 4.99. The minimum Gasteiger partial charge on any atom is -0.462 e. The summed E-state index contributed by atoms with van der Waals surface area (Å²) in [5, 5.41) is 27.8. The zero-order chi connectivity index (χ0) is 17.4. The highest BCUT2D eigenvalue weighted by molar-refractivity contribution is 8.02.